The van der Waals surface area contributed by atoms with Crippen molar-refractivity contribution in [3.63, 3.8) is 0 Å². The first-order valence-electron chi connectivity index (χ1n) is 5.07. The first-order chi connectivity index (χ1) is 7.18. The van der Waals surface area contributed by atoms with E-state index in [0.29, 0.717) is 25.1 Å². The molecule has 1 N–H and O–H groups in total. The average molecular weight is 206 g/mol. The van der Waals surface area contributed by atoms with Gasteiger partial charge in [-0.2, -0.15) is 0 Å². The van der Waals surface area contributed by atoms with E-state index in [1.807, 2.05) is 6.92 Å². The Hall–Kier alpha value is -1.42. The molecular formula is C11H14N2O2. The Morgan fingerprint density at radius 3 is 3.07 bits per heavy atom. The van der Waals surface area contributed by atoms with Crippen LogP contribution in [0.25, 0.3) is 0 Å². The van der Waals surface area contributed by atoms with Crippen LogP contribution in [0.2, 0.25) is 0 Å². The maximum atomic E-state index is 12.0. The Balaban J connectivity index is 2.18. The minimum absolute atomic E-state index is 0.0304. The number of aryl methyl sites for hydroxylation is 1. The normalized spacial score (nSPS) is 20.7. The van der Waals surface area contributed by atoms with E-state index in [9.17, 15) is 9.90 Å². The lowest BCUT2D eigenvalue weighted by atomic mass is 10.2. The average Bonchev–Trinajstić information content (AvgIpc) is 2.65. The fourth-order valence-corrected chi connectivity index (χ4v) is 1.81. The molecule has 1 amide bonds. The van der Waals surface area contributed by atoms with Crippen LogP contribution in [0.5, 0.6) is 0 Å². The summed E-state index contributed by atoms with van der Waals surface area (Å²) in [4.78, 5) is 17.7. The molecule has 1 atom stereocenters. The number of β-amino-alcohol motifs (C(OH)–C–C–N with tert-alkyl or cyclic N) is 1. The Bertz CT molecular complexity index is 379. The van der Waals surface area contributed by atoms with Crippen LogP contribution in [0.3, 0.4) is 0 Å². The van der Waals surface area contributed by atoms with E-state index < -0.39 is 0 Å². The lowest BCUT2D eigenvalue weighted by molar-refractivity contribution is 0.0764. The molecule has 2 rings (SSSR count). The first kappa shape index (κ1) is 10.1. The highest BCUT2D eigenvalue weighted by molar-refractivity contribution is 5.95. The van der Waals surface area contributed by atoms with E-state index in [-0.39, 0.29) is 12.0 Å². The van der Waals surface area contributed by atoms with Crippen LogP contribution in [-0.4, -0.2) is 40.1 Å². The monoisotopic (exact) mass is 206 g/mol. The van der Waals surface area contributed by atoms with Crippen molar-refractivity contribution in [3.8, 4) is 0 Å². The fourth-order valence-electron chi connectivity index (χ4n) is 1.81. The number of nitrogens with zero attached hydrogens (tertiary/aromatic N) is 2. The molecule has 0 unspecified atom stereocenters. The number of amides is 1. The van der Waals surface area contributed by atoms with E-state index in [2.05, 4.69) is 4.98 Å². The summed E-state index contributed by atoms with van der Waals surface area (Å²) in [7, 11) is 0. The third-order valence-corrected chi connectivity index (χ3v) is 2.69. The fraction of sp³-hybridized carbons (Fsp3) is 0.455. The van der Waals surface area contributed by atoms with E-state index in [1.54, 1.807) is 23.2 Å². The predicted octanol–water partition coefficient (Wildman–Crippen LogP) is 0.597. The lowest BCUT2D eigenvalue weighted by Gasteiger charge is -2.16. The van der Waals surface area contributed by atoms with Crippen LogP contribution in [-0.2, 0) is 0 Å². The summed E-state index contributed by atoms with van der Waals surface area (Å²) in [5, 5.41) is 9.36. The quantitative estimate of drug-likeness (QED) is 0.732. The summed E-state index contributed by atoms with van der Waals surface area (Å²) < 4.78 is 0. The van der Waals surface area contributed by atoms with Gasteiger partial charge in [0, 0.05) is 25.0 Å². The zero-order valence-electron chi connectivity index (χ0n) is 8.68. The molecule has 0 aliphatic carbocycles. The van der Waals surface area contributed by atoms with Gasteiger partial charge in [-0.05, 0) is 25.5 Å². The van der Waals surface area contributed by atoms with Crippen molar-refractivity contribution >= 4 is 5.91 Å². The van der Waals surface area contributed by atoms with Gasteiger partial charge >= 0.3 is 0 Å². The van der Waals surface area contributed by atoms with Gasteiger partial charge in [0.15, 0.2) is 0 Å². The SMILES string of the molecule is Cc1ncccc1C(=O)N1CC[C@@H](O)C1. The molecule has 0 spiro atoms. The second-order valence-corrected chi connectivity index (χ2v) is 3.83. The Labute approximate surface area is 88.6 Å². The van der Waals surface area contributed by atoms with Crippen LogP contribution in [0, 0.1) is 6.92 Å². The van der Waals surface area contributed by atoms with E-state index in [1.165, 1.54) is 0 Å². The minimum Gasteiger partial charge on any atom is -0.391 e. The number of aliphatic hydroxyl groups is 1. The number of likely N-dealkylation sites (tertiary alicyclic amines) is 1. The molecule has 1 aliphatic rings. The number of pyridine rings is 1. The van der Waals surface area contributed by atoms with Crippen LogP contribution < -0.4 is 0 Å². The van der Waals surface area contributed by atoms with E-state index in [0.717, 1.165) is 5.69 Å². The Kier molecular flexibility index (Phi) is 2.68. The van der Waals surface area contributed by atoms with Crippen LogP contribution in [0.4, 0.5) is 0 Å². The number of carbonyl (C=O) groups excluding carboxylic acids is 1. The summed E-state index contributed by atoms with van der Waals surface area (Å²) >= 11 is 0. The minimum atomic E-state index is -0.370. The van der Waals surface area contributed by atoms with Crippen LogP contribution in [0.15, 0.2) is 18.3 Å². The van der Waals surface area contributed by atoms with Gasteiger partial charge in [0.1, 0.15) is 0 Å². The number of rotatable bonds is 1. The smallest absolute Gasteiger partial charge is 0.255 e. The molecule has 1 aromatic heterocycles. The molecule has 2 heterocycles. The largest absolute Gasteiger partial charge is 0.391 e. The topological polar surface area (TPSA) is 53.4 Å². The summed E-state index contributed by atoms with van der Waals surface area (Å²) in [6.45, 7) is 2.89. The van der Waals surface area contributed by atoms with Crippen molar-refractivity contribution < 1.29 is 9.90 Å². The molecular weight excluding hydrogens is 192 g/mol. The molecule has 1 fully saturated rings. The number of aromatic nitrogens is 1. The maximum Gasteiger partial charge on any atom is 0.255 e. The van der Waals surface area contributed by atoms with E-state index >= 15 is 0 Å². The summed E-state index contributed by atoms with van der Waals surface area (Å²) in [5.74, 6) is -0.0304. The van der Waals surface area contributed by atoms with Crippen molar-refractivity contribution in [2.24, 2.45) is 0 Å². The Morgan fingerprint density at radius 2 is 2.47 bits per heavy atom. The highest BCUT2D eigenvalue weighted by atomic mass is 16.3. The van der Waals surface area contributed by atoms with E-state index in [4.69, 9.17) is 0 Å². The van der Waals surface area contributed by atoms with Gasteiger partial charge < -0.3 is 10.0 Å². The summed E-state index contributed by atoms with van der Waals surface area (Å²) in [6, 6.07) is 3.53. The van der Waals surface area contributed by atoms with Gasteiger partial charge in [-0.1, -0.05) is 0 Å². The first-order valence-corrected chi connectivity index (χ1v) is 5.07. The van der Waals surface area contributed by atoms with Gasteiger partial charge in [0.05, 0.1) is 11.7 Å². The van der Waals surface area contributed by atoms with Crippen molar-refractivity contribution in [3.05, 3.63) is 29.6 Å². The number of hydrogen-bond donors (Lipinski definition) is 1. The maximum absolute atomic E-state index is 12.0. The predicted molar refractivity (Wildman–Crippen MR) is 55.5 cm³/mol. The zero-order valence-corrected chi connectivity index (χ0v) is 8.68. The van der Waals surface area contributed by atoms with Crippen molar-refractivity contribution in [2.45, 2.75) is 19.4 Å². The van der Waals surface area contributed by atoms with Gasteiger partial charge in [-0.25, -0.2) is 0 Å². The lowest BCUT2D eigenvalue weighted by Crippen LogP contribution is -2.30. The summed E-state index contributed by atoms with van der Waals surface area (Å²) in [6.07, 6.45) is 1.97. The number of hydrogen-bond acceptors (Lipinski definition) is 3. The van der Waals surface area contributed by atoms with Crippen LogP contribution in [0.1, 0.15) is 22.5 Å². The van der Waals surface area contributed by atoms with Crippen molar-refractivity contribution in [2.75, 3.05) is 13.1 Å². The van der Waals surface area contributed by atoms with Crippen LogP contribution >= 0.6 is 0 Å². The summed E-state index contributed by atoms with van der Waals surface area (Å²) in [5.41, 5.74) is 1.37. The molecule has 0 aromatic carbocycles. The molecule has 4 heteroatoms. The van der Waals surface area contributed by atoms with Crippen molar-refractivity contribution in [1.82, 2.24) is 9.88 Å². The molecule has 0 radical (unpaired) electrons. The molecule has 0 bridgehead atoms. The highest BCUT2D eigenvalue weighted by Crippen LogP contribution is 2.14. The molecule has 1 saturated heterocycles. The molecule has 1 aromatic rings. The van der Waals surface area contributed by atoms with Gasteiger partial charge in [0.25, 0.3) is 5.91 Å². The Morgan fingerprint density at radius 1 is 1.67 bits per heavy atom. The van der Waals surface area contributed by atoms with Gasteiger partial charge in [0.2, 0.25) is 0 Å². The van der Waals surface area contributed by atoms with Gasteiger partial charge in [-0.3, -0.25) is 9.78 Å². The molecule has 1 aliphatic heterocycles. The molecule has 15 heavy (non-hydrogen) atoms. The standard InChI is InChI=1S/C11H14N2O2/c1-8-10(3-2-5-12-8)11(15)13-6-4-9(14)7-13/h2-3,5,9,14H,4,6-7H2,1H3/t9-/m1/s1. The third kappa shape index (κ3) is 1.99. The van der Waals surface area contributed by atoms with Gasteiger partial charge in [-0.15, -0.1) is 0 Å². The third-order valence-electron chi connectivity index (χ3n) is 2.69. The number of carbonyl (C=O) groups is 1. The highest BCUT2D eigenvalue weighted by Gasteiger charge is 2.26. The number of aliphatic hydroxyl groups excluding tert-OH is 1. The zero-order chi connectivity index (χ0) is 10.8. The molecule has 4 nitrogen and oxygen atoms in total. The molecule has 80 valence electrons. The second kappa shape index (κ2) is 3.98. The van der Waals surface area contributed by atoms with Crippen molar-refractivity contribution in [1.29, 1.82) is 0 Å². The second-order valence-electron chi connectivity index (χ2n) is 3.83. The molecule has 0 saturated carbocycles.